The lowest BCUT2D eigenvalue weighted by molar-refractivity contribution is 0.158. The minimum atomic E-state index is -0.526. The van der Waals surface area contributed by atoms with Gasteiger partial charge in [-0.05, 0) is 35.8 Å². The highest BCUT2D eigenvalue weighted by molar-refractivity contribution is 9.10. The van der Waals surface area contributed by atoms with Crippen LogP contribution in [0, 0.1) is 0 Å². The third-order valence-electron chi connectivity index (χ3n) is 1.89. The number of aliphatic hydroxyl groups excluding tert-OH is 1. The van der Waals surface area contributed by atoms with Crippen LogP contribution in [0.25, 0.3) is 0 Å². The first-order valence-electron chi connectivity index (χ1n) is 4.30. The number of rotatable bonds is 4. The zero-order valence-corrected chi connectivity index (χ0v) is 9.16. The Morgan fingerprint density at radius 2 is 2.46 bits per heavy atom. The van der Waals surface area contributed by atoms with Crippen LogP contribution in [0.5, 0.6) is 0 Å². The van der Waals surface area contributed by atoms with Crippen LogP contribution in [-0.2, 0) is 6.54 Å². The smallest absolute Gasteiger partial charge is 0.0980 e. The lowest BCUT2D eigenvalue weighted by Gasteiger charge is -2.11. The van der Waals surface area contributed by atoms with Gasteiger partial charge < -0.3 is 10.8 Å². The van der Waals surface area contributed by atoms with E-state index in [4.69, 9.17) is 5.73 Å². The predicted octanol–water partition coefficient (Wildman–Crippen LogP) is 1.05. The average molecular weight is 248 g/mol. The number of hydrogen-bond donors (Lipinski definition) is 2. The van der Waals surface area contributed by atoms with E-state index in [9.17, 15) is 5.11 Å². The van der Waals surface area contributed by atoms with Gasteiger partial charge in [-0.1, -0.05) is 0 Å². The van der Waals surface area contributed by atoms with Crippen LogP contribution >= 0.6 is 15.9 Å². The molecule has 0 aromatic carbocycles. The van der Waals surface area contributed by atoms with E-state index in [-0.39, 0.29) is 0 Å². The highest BCUT2D eigenvalue weighted by Gasteiger charge is 2.15. The lowest BCUT2D eigenvalue weighted by atomic mass is 10.2. The number of aliphatic hydroxyl groups is 1. The maximum absolute atomic E-state index is 9.73. The van der Waals surface area contributed by atoms with E-state index in [0.717, 1.165) is 16.7 Å². The van der Waals surface area contributed by atoms with E-state index < -0.39 is 6.10 Å². The van der Waals surface area contributed by atoms with Crippen molar-refractivity contribution in [3.05, 3.63) is 16.4 Å². The van der Waals surface area contributed by atoms with E-state index in [2.05, 4.69) is 21.0 Å². The number of nitrogens with two attached hydrogens (primary N) is 1. The Kier molecular flexibility index (Phi) is 3.90. The van der Waals surface area contributed by atoms with Crippen molar-refractivity contribution >= 4 is 15.9 Å². The van der Waals surface area contributed by atoms with E-state index in [1.54, 1.807) is 10.9 Å². The molecule has 0 saturated carbocycles. The Hall–Kier alpha value is -0.390. The molecule has 1 heterocycles. The Bertz CT molecular complexity index is 274. The summed E-state index contributed by atoms with van der Waals surface area (Å²) < 4.78 is 2.61. The van der Waals surface area contributed by atoms with Crippen LogP contribution in [0.2, 0.25) is 0 Å². The summed E-state index contributed by atoms with van der Waals surface area (Å²) in [6, 6.07) is 0. The molecule has 0 spiro atoms. The van der Waals surface area contributed by atoms with Crippen LogP contribution in [0.3, 0.4) is 0 Å². The molecule has 13 heavy (non-hydrogen) atoms. The fourth-order valence-corrected chi connectivity index (χ4v) is 1.81. The van der Waals surface area contributed by atoms with Crippen molar-refractivity contribution in [2.45, 2.75) is 26.0 Å². The standard InChI is InChI=1S/C8H14BrN3O/c1-2-12-8(6(9)5-11-12)7(13)3-4-10/h5,7,13H,2-4,10H2,1H3. The summed E-state index contributed by atoms with van der Waals surface area (Å²) in [7, 11) is 0. The van der Waals surface area contributed by atoms with Gasteiger partial charge in [0.2, 0.25) is 0 Å². The number of nitrogens with zero attached hydrogens (tertiary/aromatic N) is 2. The Morgan fingerprint density at radius 3 is 3.00 bits per heavy atom. The van der Waals surface area contributed by atoms with Gasteiger partial charge in [0.15, 0.2) is 0 Å². The highest BCUT2D eigenvalue weighted by Crippen LogP contribution is 2.24. The minimum absolute atomic E-state index is 0.475. The Labute approximate surface area is 85.9 Å². The Morgan fingerprint density at radius 1 is 1.77 bits per heavy atom. The molecule has 0 aliphatic heterocycles. The fraction of sp³-hybridized carbons (Fsp3) is 0.625. The summed E-state index contributed by atoms with van der Waals surface area (Å²) in [6.45, 7) is 3.21. The van der Waals surface area contributed by atoms with Crippen LogP contribution in [-0.4, -0.2) is 21.4 Å². The van der Waals surface area contributed by atoms with E-state index in [0.29, 0.717) is 13.0 Å². The fourth-order valence-electron chi connectivity index (χ4n) is 1.25. The average Bonchev–Trinajstić information content (AvgIpc) is 2.47. The summed E-state index contributed by atoms with van der Waals surface area (Å²) in [5, 5.41) is 13.8. The topological polar surface area (TPSA) is 64.1 Å². The molecule has 1 rings (SSSR count). The van der Waals surface area contributed by atoms with Crippen molar-refractivity contribution < 1.29 is 5.11 Å². The first-order chi connectivity index (χ1) is 6.20. The Balaban J connectivity index is 2.89. The molecule has 0 aliphatic carbocycles. The van der Waals surface area contributed by atoms with E-state index in [1.807, 2.05) is 6.92 Å². The summed E-state index contributed by atoms with van der Waals surface area (Å²) in [6.07, 6.45) is 1.73. The zero-order valence-electron chi connectivity index (χ0n) is 7.57. The third-order valence-corrected chi connectivity index (χ3v) is 2.50. The molecule has 0 amide bonds. The van der Waals surface area contributed by atoms with Gasteiger partial charge in [-0.3, -0.25) is 4.68 Å². The molecule has 0 aliphatic rings. The van der Waals surface area contributed by atoms with Gasteiger partial charge in [-0.25, -0.2) is 0 Å². The van der Waals surface area contributed by atoms with Crippen LogP contribution in [0.4, 0.5) is 0 Å². The molecule has 4 nitrogen and oxygen atoms in total. The largest absolute Gasteiger partial charge is 0.387 e. The quantitative estimate of drug-likeness (QED) is 0.837. The second-order valence-electron chi connectivity index (χ2n) is 2.79. The molecule has 0 fully saturated rings. The van der Waals surface area contributed by atoms with E-state index in [1.165, 1.54) is 0 Å². The highest BCUT2D eigenvalue weighted by atomic mass is 79.9. The SMILES string of the molecule is CCn1ncc(Br)c1C(O)CCN. The van der Waals surface area contributed by atoms with Crippen molar-refractivity contribution in [3.8, 4) is 0 Å². The second kappa shape index (κ2) is 4.74. The van der Waals surface area contributed by atoms with Gasteiger partial charge in [0.05, 0.1) is 22.5 Å². The van der Waals surface area contributed by atoms with Gasteiger partial charge in [-0.2, -0.15) is 5.10 Å². The second-order valence-corrected chi connectivity index (χ2v) is 3.64. The molecule has 3 N–H and O–H groups in total. The van der Waals surface area contributed by atoms with Gasteiger partial charge in [-0.15, -0.1) is 0 Å². The molecule has 1 aromatic rings. The third kappa shape index (κ3) is 2.30. The molecular formula is C8H14BrN3O. The number of aryl methyl sites for hydroxylation is 1. The molecule has 1 unspecified atom stereocenters. The molecular weight excluding hydrogens is 234 g/mol. The molecule has 1 aromatic heterocycles. The van der Waals surface area contributed by atoms with Gasteiger partial charge >= 0.3 is 0 Å². The number of halogens is 1. The molecule has 5 heteroatoms. The van der Waals surface area contributed by atoms with Gasteiger partial charge in [0, 0.05) is 6.54 Å². The number of hydrogen-bond acceptors (Lipinski definition) is 3. The van der Waals surface area contributed by atoms with Crippen molar-refractivity contribution in [2.75, 3.05) is 6.54 Å². The number of aromatic nitrogens is 2. The van der Waals surface area contributed by atoms with E-state index >= 15 is 0 Å². The van der Waals surface area contributed by atoms with Crippen LogP contribution in [0.15, 0.2) is 10.7 Å². The molecule has 0 saturated heterocycles. The summed E-state index contributed by atoms with van der Waals surface area (Å²) in [4.78, 5) is 0. The zero-order chi connectivity index (χ0) is 9.84. The van der Waals surface area contributed by atoms with Crippen molar-refractivity contribution in [2.24, 2.45) is 5.73 Å². The summed E-state index contributed by atoms with van der Waals surface area (Å²) in [5.41, 5.74) is 6.19. The van der Waals surface area contributed by atoms with Crippen molar-refractivity contribution in [1.82, 2.24) is 9.78 Å². The predicted molar refractivity (Wildman–Crippen MR) is 54.2 cm³/mol. The monoisotopic (exact) mass is 247 g/mol. The molecule has 1 atom stereocenters. The van der Waals surface area contributed by atoms with Gasteiger partial charge in [0.1, 0.15) is 0 Å². The first-order valence-corrected chi connectivity index (χ1v) is 5.09. The molecule has 74 valence electrons. The lowest BCUT2D eigenvalue weighted by Crippen LogP contribution is -2.12. The van der Waals surface area contributed by atoms with Crippen LogP contribution < -0.4 is 5.73 Å². The van der Waals surface area contributed by atoms with Crippen molar-refractivity contribution in [1.29, 1.82) is 0 Å². The summed E-state index contributed by atoms with van der Waals surface area (Å²) >= 11 is 3.34. The van der Waals surface area contributed by atoms with Crippen LogP contribution in [0.1, 0.15) is 25.1 Å². The maximum atomic E-state index is 9.73. The molecule has 0 radical (unpaired) electrons. The first kappa shape index (κ1) is 10.7. The minimum Gasteiger partial charge on any atom is -0.387 e. The maximum Gasteiger partial charge on any atom is 0.0980 e. The van der Waals surface area contributed by atoms with Crippen molar-refractivity contribution in [3.63, 3.8) is 0 Å². The molecule has 0 bridgehead atoms. The van der Waals surface area contributed by atoms with Gasteiger partial charge in [0.25, 0.3) is 0 Å². The normalized spacial score (nSPS) is 13.2. The summed E-state index contributed by atoms with van der Waals surface area (Å²) in [5.74, 6) is 0.